The van der Waals surface area contributed by atoms with Crippen molar-refractivity contribution in [1.82, 2.24) is 15.6 Å². The van der Waals surface area contributed by atoms with Gasteiger partial charge in [0.1, 0.15) is 5.82 Å². The predicted molar refractivity (Wildman–Crippen MR) is 154 cm³/mol. The van der Waals surface area contributed by atoms with E-state index in [1.54, 1.807) is 19.9 Å². The number of methoxy groups -OCH3 is 1. The molecule has 44 heavy (non-hydrogen) atoms. The van der Waals surface area contributed by atoms with Gasteiger partial charge in [0, 0.05) is 36.1 Å². The number of hydrogen-bond acceptors (Lipinski definition) is 7. The molecule has 1 aromatic heterocycles. The summed E-state index contributed by atoms with van der Waals surface area (Å²) in [5.41, 5.74) is 1.63. The third kappa shape index (κ3) is 6.63. The molecule has 1 aliphatic heterocycles. The SMILES string of the molecule is COc1cc(C(=O)NCC(O)(c2cc(C(C)(C)CN)cc(-c3ccc(F)c(C)c3)n2)C(F)(F)F)ccc1OC1CCNC1=O. The second-order valence-electron chi connectivity index (χ2n) is 11.3. The maximum absolute atomic E-state index is 14.6. The summed E-state index contributed by atoms with van der Waals surface area (Å²) in [6.07, 6.45) is -5.59. The van der Waals surface area contributed by atoms with Gasteiger partial charge in [-0.15, -0.1) is 0 Å². The molecule has 5 N–H and O–H groups in total. The van der Waals surface area contributed by atoms with Gasteiger partial charge in [0.05, 0.1) is 25.0 Å². The van der Waals surface area contributed by atoms with Crippen LogP contribution in [0.3, 0.4) is 0 Å². The van der Waals surface area contributed by atoms with E-state index in [1.807, 2.05) is 0 Å². The van der Waals surface area contributed by atoms with Crippen molar-refractivity contribution in [2.75, 3.05) is 26.7 Å². The molecular formula is C31H34F4N4O5. The largest absolute Gasteiger partial charge is 0.493 e. The van der Waals surface area contributed by atoms with Crippen molar-refractivity contribution >= 4 is 11.8 Å². The summed E-state index contributed by atoms with van der Waals surface area (Å²) in [6.45, 7) is 4.18. The summed E-state index contributed by atoms with van der Waals surface area (Å²) in [6, 6.07) is 10.6. The number of ether oxygens (including phenoxy) is 2. The zero-order valence-corrected chi connectivity index (χ0v) is 24.6. The lowest BCUT2D eigenvalue weighted by atomic mass is 9.82. The van der Waals surface area contributed by atoms with Crippen molar-refractivity contribution < 1.29 is 41.7 Å². The van der Waals surface area contributed by atoms with Gasteiger partial charge >= 0.3 is 6.18 Å². The van der Waals surface area contributed by atoms with E-state index >= 15 is 0 Å². The number of nitrogens with one attached hydrogen (secondary N) is 2. The minimum absolute atomic E-state index is 0.0620. The predicted octanol–water partition coefficient (Wildman–Crippen LogP) is 3.89. The van der Waals surface area contributed by atoms with Crippen molar-refractivity contribution in [2.24, 2.45) is 5.73 Å². The molecule has 1 fully saturated rings. The molecule has 2 amide bonds. The van der Waals surface area contributed by atoms with Gasteiger partial charge < -0.3 is 30.9 Å². The Labute approximate surface area is 251 Å². The number of aromatic nitrogens is 1. The molecule has 0 bridgehead atoms. The molecule has 9 nitrogen and oxygen atoms in total. The molecule has 236 valence electrons. The molecule has 2 atom stereocenters. The number of nitrogens with two attached hydrogens (primary N) is 1. The molecule has 0 saturated carbocycles. The number of benzene rings is 2. The van der Waals surface area contributed by atoms with Crippen LogP contribution in [0.15, 0.2) is 48.5 Å². The van der Waals surface area contributed by atoms with E-state index in [9.17, 15) is 32.3 Å². The van der Waals surface area contributed by atoms with Crippen LogP contribution in [-0.4, -0.2) is 60.9 Å². The molecule has 0 aliphatic carbocycles. The molecule has 2 unspecified atom stereocenters. The fraction of sp³-hybridized carbons (Fsp3) is 0.387. The van der Waals surface area contributed by atoms with Crippen LogP contribution in [0.1, 0.15) is 47.4 Å². The van der Waals surface area contributed by atoms with Gasteiger partial charge in [0.2, 0.25) is 5.60 Å². The summed E-state index contributed by atoms with van der Waals surface area (Å²) in [5, 5.41) is 16.0. The van der Waals surface area contributed by atoms with Gasteiger partial charge in [-0.25, -0.2) is 9.37 Å². The molecule has 4 rings (SSSR count). The average molecular weight is 619 g/mol. The van der Waals surface area contributed by atoms with Crippen molar-refractivity contribution in [1.29, 1.82) is 0 Å². The van der Waals surface area contributed by atoms with E-state index in [4.69, 9.17) is 15.2 Å². The maximum atomic E-state index is 14.6. The summed E-state index contributed by atoms with van der Waals surface area (Å²) < 4.78 is 68.7. The van der Waals surface area contributed by atoms with Gasteiger partial charge in [-0.3, -0.25) is 9.59 Å². The second kappa shape index (κ2) is 12.4. The first-order valence-electron chi connectivity index (χ1n) is 13.8. The van der Waals surface area contributed by atoms with Gasteiger partial charge in [0.25, 0.3) is 11.8 Å². The summed E-state index contributed by atoms with van der Waals surface area (Å²) in [7, 11) is 1.31. The summed E-state index contributed by atoms with van der Waals surface area (Å²) in [5.74, 6) is -1.48. The van der Waals surface area contributed by atoms with Crippen molar-refractivity contribution in [3.05, 3.63) is 76.7 Å². The summed E-state index contributed by atoms with van der Waals surface area (Å²) >= 11 is 0. The number of halogens is 4. The Morgan fingerprint density at radius 3 is 2.45 bits per heavy atom. The number of nitrogens with zero attached hydrogens (tertiary/aromatic N) is 1. The highest BCUT2D eigenvalue weighted by molar-refractivity contribution is 5.95. The minimum Gasteiger partial charge on any atom is -0.493 e. The molecule has 0 spiro atoms. The number of carbonyl (C=O) groups excluding carboxylic acids is 2. The number of hydrogen-bond donors (Lipinski definition) is 4. The molecule has 0 radical (unpaired) electrons. The molecule has 1 aliphatic rings. The van der Waals surface area contributed by atoms with Crippen LogP contribution >= 0.6 is 0 Å². The Kier molecular flexibility index (Phi) is 9.21. The van der Waals surface area contributed by atoms with Crippen LogP contribution in [-0.2, 0) is 15.8 Å². The van der Waals surface area contributed by atoms with E-state index in [2.05, 4.69) is 15.6 Å². The number of carbonyl (C=O) groups is 2. The zero-order valence-electron chi connectivity index (χ0n) is 24.6. The van der Waals surface area contributed by atoms with E-state index in [0.717, 1.165) is 6.07 Å². The Balaban J connectivity index is 1.68. The molecule has 1 saturated heterocycles. The Morgan fingerprint density at radius 1 is 1.14 bits per heavy atom. The third-order valence-corrected chi connectivity index (χ3v) is 7.66. The van der Waals surface area contributed by atoms with Crippen LogP contribution in [0.5, 0.6) is 11.5 Å². The molecule has 2 heterocycles. The summed E-state index contributed by atoms with van der Waals surface area (Å²) in [4.78, 5) is 29.1. The smallest absolute Gasteiger partial charge is 0.424 e. The number of aryl methyl sites for hydroxylation is 1. The topological polar surface area (TPSA) is 136 Å². The molecule has 13 heteroatoms. The normalized spacial score (nSPS) is 16.7. The van der Waals surface area contributed by atoms with Gasteiger partial charge in [-0.2, -0.15) is 13.2 Å². The van der Waals surface area contributed by atoms with Crippen molar-refractivity contribution in [3.8, 4) is 22.8 Å². The lowest BCUT2D eigenvalue weighted by molar-refractivity contribution is -0.265. The Hall–Kier alpha value is -4.23. The van der Waals surface area contributed by atoms with Gasteiger partial charge in [-0.05, 0) is 66.6 Å². The highest BCUT2D eigenvalue weighted by Gasteiger charge is 2.56. The fourth-order valence-corrected chi connectivity index (χ4v) is 4.59. The minimum atomic E-state index is -5.27. The highest BCUT2D eigenvalue weighted by atomic mass is 19.4. The molecular weight excluding hydrogens is 584 g/mol. The van der Waals surface area contributed by atoms with Crippen LogP contribution in [0.4, 0.5) is 17.6 Å². The van der Waals surface area contributed by atoms with Crippen LogP contribution in [0.25, 0.3) is 11.3 Å². The van der Waals surface area contributed by atoms with Crippen LogP contribution in [0.2, 0.25) is 0 Å². The first-order valence-corrected chi connectivity index (χ1v) is 13.8. The number of aliphatic hydroxyl groups is 1. The molecule has 2 aromatic carbocycles. The number of amides is 2. The van der Waals surface area contributed by atoms with Gasteiger partial charge in [-0.1, -0.05) is 13.8 Å². The lowest BCUT2D eigenvalue weighted by Crippen LogP contribution is -2.51. The van der Waals surface area contributed by atoms with Crippen molar-refractivity contribution in [2.45, 2.75) is 50.5 Å². The monoisotopic (exact) mass is 618 g/mol. The zero-order chi connectivity index (χ0) is 32.4. The number of alkyl halides is 3. The lowest BCUT2D eigenvalue weighted by Gasteiger charge is -2.32. The first kappa shape index (κ1) is 32.7. The molecule has 3 aromatic rings. The highest BCUT2D eigenvalue weighted by Crippen LogP contribution is 2.40. The van der Waals surface area contributed by atoms with Crippen molar-refractivity contribution in [3.63, 3.8) is 0 Å². The standard InChI is InChI=1S/C31H34F4N4O5/c1-17-11-18(5-7-21(17)32)22-13-20(29(2,3)15-36)14-26(39-22)30(42,31(33,34)35)16-38-27(40)19-6-8-23(25(12-19)43-4)44-24-9-10-37-28(24)41/h5-8,11-14,24,42H,9-10,15-16,36H2,1-4H3,(H,37,41)(H,38,40). The van der Waals surface area contributed by atoms with Gasteiger partial charge in [0.15, 0.2) is 17.6 Å². The fourth-order valence-electron chi connectivity index (χ4n) is 4.59. The Bertz CT molecular complexity index is 1560. The third-order valence-electron chi connectivity index (χ3n) is 7.66. The van der Waals surface area contributed by atoms with Crippen LogP contribution < -0.4 is 25.8 Å². The number of pyridine rings is 1. The van der Waals surface area contributed by atoms with E-state index in [-0.39, 0.29) is 40.8 Å². The van der Waals surface area contributed by atoms with Crippen LogP contribution in [0, 0.1) is 12.7 Å². The number of rotatable bonds is 10. The van der Waals surface area contributed by atoms with E-state index < -0.39 is 47.3 Å². The second-order valence-corrected chi connectivity index (χ2v) is 11.3. The maximum Gasteiger partial charge on any atom is 0.424 e. The Morgan fingerprint density at radius 2 is 1.86 bits per heavy atom. The average Bonchev–Trinajstić information content (AvgIpc) is 3.40. The quantitative estimate of drug-likeness (QED) is 0.253. The first-order chi connectivity index (χ1) is 20.6. The van der Waals surface area contributed by atoms with E-state index in [1.165, 1.54) is 50.4 Å². The van der Waals surface area contributed by atoms with E-state index in [0.29, 0.717) is 24.1 Å².